The van der Waals surface area contributed by atoms with E-state index in [1.54, 1.807) is 0 Å². The summed E-state index contributed by atoms with van der Waals surface area (Å²) in [6.07, 6.45) is -1.45. The lowest BCUT2D eigenvalue weighted by Gasteiger charge is -2.14. The van der Waals surface area contributed by atoms with Crippen LogP contribution in [-0.4, -0.2) is 27.6 Å². The molecule has 1 saturated heterocycles. The van der Waals surface area contributed by atoms with E-state index in [1.807, 2.05) is 0 Å². The molecular weight excluding hydrogens is 387 g/mol. The smallest absolute Gasteiger partial charge is 0.416 e. The van der Waals surface area contributed by atoms with Crippen LogP contribution in [0.25, 0.3) is 6.08 Å². The van der Waals surface area contributed by atoms with Crippen LogP contribution in [0.4, 0.5) is 13.2 Å². The van der Waals surface area contributed by atoms with Crippen molar-refractivity contribution in [3.63, 3.8) is 0 Å². The minimum absolute atomic E-state index is 0.0339. The lowest BCUT2D eigenvalue weighted by molar-refractivity contribution is -0.305. The van der Waals surface area contributed by atoms with Gasteiger partial charge in [0, 0.05) is 12.5 Å². The number of carboxylic acid groups (broad SMARTS) is 1. The maximum absolute atomic E-state index is 12.8. The number of amides is 1. The van der Waals surface area contributed by atoms with E-state index in [1.165, 1.54) is 23.1 Å². The zero-order chi connectivity index (χ0) is 19.3. The fourth-order valence-corrected chi connectivity index (χ4v) is 3.67. The SMILES string of the molecule is O=C([O-])CCCCCN1C(=O)/C(=C\c2cccc(C(F)(F)F)c2)SC1=S. The molecule has 2 rings (SSSR count). The van der Waals surface area contributed by atoms with Crippen molar-refractivity contribution in [1.29, 1.82) is 0 Å². The second kappa shape index (κ2) is 8.68. The van der Waals surface area contributed by atoms with Crippen LogP contribution < -0.4 is 5.11 Å². The monoisotopic (exact) mass is 402 g/mol. The number of carbonyl (C=O) groups excluding carboxylic acids is 2. The summed E-state index contributed by atoms with van der Waals surface area (Å²) in [6.45, 7) is 0.345. The van der Waals surface area contributed by atoms with Crippen LogP contribution in [0.5, 0.6) is 0 Å². The number of thioether (sulfide) groups is 1. The van der Waals surface area contributed by atoms with Crippen molar-refractivity contribution in [3.8, 4) is 0 Å². The topological polar surface area (TPSA) is 60.4 Å². The molecule has 0 radical (unpaired) electrons. The van der Waals surface area contributed by atoms with Gasteiger partial charge in [-0.15, -0.1) is 0 Å². The molecule has 0 spiro atoms. The standard InChI is InChI=1S/C17H16F3NO3S2/c18-17(19,20)12-6-4-5-11(9-12)10-13-15(24)21(16(25)26-13)8-3-1-2-7-14(22)23/h4-6,9-10H,1-3,7-8H2,(H,22,23)/p-1/b13-10+. The third-order valence-corrected chi connectivity index (χ3v) is 5.03. The summed E-state index contributed by atoms with van der Waals surface area (Å²) in [5.41, 5.74) is -0.510. The summed E-state index contributed by atoms with van der Waals surface area (Å²) in [7, 11) is 0. The highest BCUT2D eigenvalue weighted by Gasteiger charge is 2.32. The van der Waals surface area contributed by atoms with Gasteiger partial charge < -0.3 is 9.90 Å². The van der Waals surface area contributed by atoms with Gasteiger partial charge in [0.05, 0.1) is 10.5 Å². The maximum Gasteiger partial charge on any atom is 0.416 e. The van der Waals surface area contributed by atoms with E-state index in [0.29, 0.717) is 30.1 Å². The molecule has 0 bridgehead atoms. The lowest BCUT2D eigenvalue weighted by atomic mass is 10.1. The van der Waals surface area contributed by atoms with Crippen molar-refractivity contribution in [2.75, 3.05) is 6.54 Å². The zero-order valence-electron chi connectivity index (χ0n) is 13.5. The van der Waals surface area contributed by atoms with Crippen LogP contribution in [0.3, 0.4) is 0 Å². The quantitative estimate of drug-likeness (QED) is 0.398. The number of carboxylic acids is 1. The predicted octanol–water partition coefficient (Wildman–Crippen LogP) is 3.22. The molecule has 0 aromatic heterocycles. The van der Waals surface area contributed by atoms with Crippen molar-refractivity contribution < 1.29 is 27.9 Å². The number of hydrogen-bond donors (Lipinski definition) is 0. The van der Waals surface area contributed by atoms with E-state index in [4.69, 9.17) is 12.2 Å². The molecule has 0 N–H and O–H groups in total. The highest BCUT2D eigenvalue weighted by Crippen LogP contribution is 2.34. The Bertz CT molecular complexity index is 747. The zero-order valence-corrected chi connectivity index (χ0v) is 15.2. The molecule has 0 unspecified atom stereocenters. The Kier molecular flexibility index (Phi) is 6.82. The van der Waals surface area contributed by atoms with E-state index in [2.05, 4.69) is 0 Å². The van der Waals surface area contributed by atoms with Crippen LogP contribution in [0, 0.1) is 0 Å². The van der Waals surface area contributed by atoms with Gasteiger partial charge in [-0.05, 0) is 43.0 Å². The Labute approximate surface area is 158 Å². The van der Waals surface area contributed by atoms with Gasteiger partial charge in [0.1, 0.15) is 4.32 Å². The molecule has 1 aliphatic heterocycles. The largest absolute Gasteiger partial charge is 0.550 e. The highest BCUT2D eigenvalue weighted by atomic mass is 32.2. The van der Waals surface area contributed by atoms with E-state index >= 15 is 0 Å². The summed E-state index contributed by atoms with van der Waals surface area (Å²) < 4.78 is 38.7. The average molecular weight is 402 g/mol. The Morgan fingerprint density at radius 1 is 1.27 bits per heavy atom. The van der Waals surface area contributed by atoms with Crippen LogP contribution in [-0.2, 0) is 15.8 Å². The average Bonchev–Trinajstić information content (AvgIpc) is 2.81. The lowest BCUT2D eigenvalue weighted by Crippen LogP contribution is -2.29. The van der Waals surface area contributed by atoms with E-state index in [9.17, 15) is 27.9 Å². The third kappa shape index (κ3) is 5.57. The van der Waals surface area contributed by atoms with Gasteiger partial charge in [-0.3, -0.25) is 9.69 Å². The number of aliphatic carboxylic acids is 1. The molecule has 0 saturated carbocycles. The highest BCUT2D eigenvalue weighted by molar-refractivity contribution is 8.26. The number of rotatable bonds is 7. The first-order valence-electron chi connectivity index (χ1n) is 7.81. The number of nitrogens with zero attached hydrogens (tertiary/aromatic N) is 1. The first-order valence-corrected chi connectivity index (χ1v) is 9.03. The van der Waals surface area contributed by atoms with Crippen molar-refractivity contribution in [1.82, 2.24) is 4.90 Å². The van der Waals surface area contributed by atoms with Crippen molar-refractivity contribution in [2.45, 2.75) is 31.9 Å². The molecule has 1 aromatic rings. The van der Waals surface area contributed by atoms with Crippen molar-refractivity contribution in [3.05, 3.63) is 40.3 Å². The summed E-state index contributed by atoms with van der Waals surface area (Å²) >= 11 is 6.20. The molecule has 0 atom stereocenters. The number of carbonyl (C=O) groups is 2. The fourth-order valence-electron chi connectivity index (χ4n) is 2.36. The molecule has 9 heteroatoms. The van der Waals surface area contributed by atoms with Crippen molar-refractivity contribution in [2.24, 2.45) is 0 Å². The number of benzene rings is 1. The molecule has 0 aliphatic carbocycles. The molecule has 1 amide bonds. The minimum atomic E-state index is -4.45. The van der Waals surface area contributed by atoms with Crippen molar-refractivity contribution >= 4 is 46.3 Å². The number of thiocarbonyl (C=S) groups is 1. The Morgan fingerprint density at radius 3 is 2.65 bits per heavy atom. The van der Waals surface area contributed by atoms with Gasteiger partial charge in [-0.2, -0.15) is 13.2 Å². The molecule has 140 valence electrons. The van der Waals surface area contributed by atoms with Crippen LogP contribution in [0.1, 0.15) is 36.8 Å². The van der Waals surface area contributed by atoms with Gasteiger partial charge in [0.2, 0.25) is 0 Å². The Balaban J connectivity index is 2.01. The molecule has 1 heterocycles. The molecule has 1 fully saturated rings. The Morgan fingerprint density at radius 2 is 2.00 bits per heavy atom. The number of halogens is 3. The van der Waals surface area contributed by atoms with Gasteiger partial charge >= 0.3 is 6.18 Å². The van der Waals surface area contributed by atoms with Gasteiger partial charge in [-0.25, -0.2) is 0 Å². The van der Waals surface area contributed by atoms with Crippen LogP contribution >= 0.6 is 24.0 Å². The molecule has 1 aromatic carbocycles. The summed E-state index contributed by atoms with van der Waals surface area (Å²) in [5, 5.41) is 10.3. The maximum atomic E-state index is 12.8. The van der Waals surface area contributed by atoms with E-state index in [0.717, 1.165) is 23.9 Å². The Hall–Kier alpha value is -1.87. The van der Waals surface area contributed by atoms with Gasteiger partial charge in [-0.1, -0.05) is 42.5 Å². The van der Waals surface area contributed by atoms with E-state index in [-0.39, 0.29) is 22.8 Å². The van der Waals surface area contributed by atoms with Crippen LogP contribution in [0.15, 0.2) is 29.2 Å². The number of unbranched alkanes of at least 4 members (excludes halogenated alkanes) is 2. The normalized spacial score (nSPS) is 16.6. The number of alkyl halides is 3. The van der Waals surface area contributed by atoms with Gasteiger partial charge in [0.25, 0.3) is 5.91 Å². The minimum Gasteiger partial charge on any atom is -0.550 e. The third-order valence-electron chi connectivity index (χ3n) is 3.65. The molecule has 1 aliphatic rings. The molecule has 26 heavy (non-hydrogen) atoms. The summed E-state index contributed by atoms with van der Waals surface area (Å²) in [5.74, 6) is -1.46. The van der Waals surface area contributed by atoms with Gasteiger partial charge in [0.15, 0.2) is 0 Å². The molecule has 4 nitrogen and oxygen atoms in total. The second-order valence-corrected chi connectivity index (χ2v) is 7.32. The number of hydrogen-bond acceptors (Lipinski definition) is 5. The summed E-state index contributed by atoms with van der Waals surface area (Å²) in [4.78, 5) is 24.4. The summed E-state index contributed by atoms with van der Waals surface area (Å²) in [6, 6.07) is 4.72. The fraction of sp³-hybridized carbons (Fsp3) is 0.353. The van der Waals surface area contributed by atoms with E-state index < -0.39 is 17.7 Å². The molecular formula is C17H15F3NO3S2-. The van der Waals surface area contributed by atoms with Crippen LogP contribution in [0.2, 0.25) is 0 Å². The predicted molar refractivity (Wildman–Crippen MR) is 94.8 cm³/mol. The first kappa shape index (κ1) is 20.4. The second-order valence-electron chi connectivity index (χ2n) is 5.64. The first-order chi connectivity index (χ1) is 12.2.